The van der Waals surface area contributed by atoms with Crippen molar-refractivity contribution in [1.29, 1.82) is 0 Å². The van der Waals surface area contributed by atoms with Crippen molar-refractivity contribution < 1.29 is 40.8 Å². The number of esters is 1. The molecule has 2 saturated heterocycles. The predicted octanol–water partition coefficient (Wildman–Crippen LogP) is 2.60. The molecule has 0 spiro atoms. The number of nitrogen functional groups attached to an aromatic ring is 1. The minimum absolute atomic E-state index is 0.0159. The number of para-hydroxylation sites is 2. The van der Waals surface area contributed by atoms with E-state index in [1.807, 2.05) is 6.07 Å². The second kappa shape index (κ2) is 24.1. The monoisotopic (exact) mass is 988 g/mol. The first-order valence-electron chi connectivity index (χ1n) is 22.9. The maximum atomic E-state index is 14.1. The Hall–Kier alpha value is -5.94. The number of nitrogens with one attached hydrogen (secondary N) is 1. The van der Waals surface area contributed by atoms with E-state index in [0.717, 1.165) is 0 Å². The summed E-state index contributed by atoms with van der Waals surface area (Å²) in [6.45, 7) is 8.38. The predicted molar refractivity (Wildman–Crippen MR) is 264 cm³/mol. The maximum Gasteiger partial charge on any atom is 0.338 e. The third-order valence-electron chi connectivity index (χ3n) is 12.6. The standard InChI is InChI=1S/C48H64N10O9S2/c1-38(59)55-31-28-53(29-32-55)26-24-51(3)68(63,64)58(45-13-9-6-10-14-45)36-41-17-21-43(22-18-41)48(62)67-34-23-46-37-54(30-33-56(46)39(2)60)27-25-52(4)69(65,66)57(44-11-7-5-8-12-44)35-40-15-19-42(20-16-40)47(61)50-49/h5-22,46H,23-37,49H2,1-4H3,(H,50,61). The SMILES string of the molecule is CC(=O)N1CCN(CCN(C)S(=O)(=O)N(Cc2ccc(C(=O)OCCC3CN(CCN(C)S(=O)(=O)N(Cc4ccc(C(=O)NN)cc4)c4ccccc4)CCN3C(C)=O)cc2)c2ccccc2)CC1. The zero-order valence-corrected chi connectivity index (χ0v) is 41.4. The molecule has 19 nitrogen and oxygen atoms in total. The van der Waals surface area contributed by atoms with E-state index in [9.17, 15) is 36.0 Å². The molecule has 0 radical (unpaired) electrons. The number of likely N-dealkylation sites (N-methyl/N-ethyl adjacent to an activating group) is 2. The van der Waals surface area contributed by atoms with Crippen LogP contribution in [0.2, 0.25) is 0 Å². The number of hydrazine groups is 1. The molecule has 21 heteroatoms. The van der Waals surface area contributed by atoms with Crippen molar-refractivity contribution in [2.24, 2.45) is 5.84 Å². The van der Waals surface area contributed by atoms with E-state index in [-0.39, 0.29) is 56.2 Å². The Morgan fingerprint density at radius 1 is 0.623 bits per heavy atom. The number of anilines is 2. The molecule has 3 N–H and O–H groups in total. The van der Waals surface area contributed by atoms with Crippen LogP contribution in [-0.2, 0) is 47.8 Å². The van der Waals surface area contributed by atoms with Gasteiger partial charge in [0, 0.05) is 118 Å². The fourth-order valence-electron chi connectivity index (χ4n) is 8.30. The van der Waals surface area contributed by atoms with Crippen molar-refractivity contribution >= 4 is 55.5 Å². The van der Waals surface area contributed by atoms with Crippen LogP contribution in [0.15, 0.2) is 109 Å². The van der Waals surface area contributed by atoms with Crippen LogP contribution < -0.4 is 19.9 Å². The molecule has 2 aliphatic rings. The summed E-state index contributed by atoms with van der Waals surface area (Å²) in [7, 11) is -4.93. The number of hydrogen-bond donors (Lipinski definition) is 2. The highest BCUT2D eigenvalue weighted by atomic mass is 32.2. The molecule has 4 aromatic carbocycles. The van der Waals surface area contributed by atoms with Gasteiger partial charge in [-0.1, -0.05) is 60.7 Å². The molecule has 3 amide bonds. The Kier molecular flexibility index (Phi) is 18.3. The van der Waals surface area contributed by atoms with Crippen molar-refractivity contribution in [2.75, 3.05) is 101 Å². The summed E-state index contributed by atoms with van der Waals surface area (Å²) in [5.41, 5.74) is 5.00. The number of amides is 3. The number of benzene rings is 4. The molecule has 2 heterocycles. The molecule has 0 aliphatic carbocycles. The first-order valence-corrected chi connectivity index (χ1v) is 25.7. The van der Waals surface area contributed by atoms with Gasteiger partial charge in [0.05, 0.1) is 36.6 Å². The van der Waals surface area contributed by atoms with Crippen LogP contribution in [0.1, 0.15) is 52.1 Å². The molecule has 0 saturated carbocycles. The van der Waals surface area contributed by atoms with Crippen LogP contribution in [0.25, 0.3) is 0 Å². The van der Waals surface area contributed by atoms with Gasteiger partial charge in [-0.15, -0.1) is 0 Å². The summed E-state index contributed by atoms with van der Waals surface area (Å²) in [4.78, 5) is 57.5. The highest BCUT2D eigenvalue weighted by Gasteiger charge is 2.33. The highest BCUT2D eigenvalue weighted by Crippen LogP contribution is 2.25. The number of rotatable bonds is 21. The zero-order chi connectivity index (χ0) is 49.7. The van der Waals surface area contributed by atoms with Crippen LogP contribution in [0.5, 0.6) is 0 Å². The van der Waals surface area contributed by atoms with Crippen molar-refractivity contribution in [3.63, 3.8) is 0 Å². The van der Waals surface area contributed by atoms with Crippen molar-refractivity contribution in [1.82, 2.24) is 33.6 Å². The quantitative estimate of drug-likeness (QED) is 0.0535. The molecule has 69 heavy (non-hydrogen) atoms. The summed E-state index contributed by atoms with van der Waals surface area (Å²) >= 11 is 0. The smallest absolute Gasteiger partial charge is 0.338 e. The average molecular weight is 989 g/mol. The van der Waals surface area contributed by atoms with Crippen molar-refractivity contribution in [3.8, 4) is 0 Å². The van der Waals surface area contributed by atoms with E-state index >= 15 is 0 Å². The third kappa shape index (κ3) is 13.9. The van der Waals surface area contributed by atoms with E-state index in [4.69, 9.17) is 10.6 Å². The fourth-order valence-corrected chi connectivity index (χ4v) is 11.0. The lowest BCUT2D eigenvalue weighted by Crippen LogP contribution is -2.56. The minimum Gasteiger partial charge on any atom is -0.462 e. The lowest BCUT2D eigenvalue weighted by Gasteiger charge is -2.41. The molecule has 1 atom stereocenters. The molecule has 0 bridgehead atoms. The van der Waals surface area contributed by atoms with Gasteiger partial charge in [-0.05, 0) is 59.7 Å². The van der Waals surface area contributed by atoms with E-state index in [2.05, 4.69) is 15.2 Å². The van der Waals surface area contributed by atoms with Crippen LogP contribution in [0, 0.1) is 0 Å². The lowest BCUT2D eigenvalue weighted by molar-refractivity contribution is -0.134. The van der Waals surface area contributed by atoms with Gasteiger partial charge in [-0.2, -0.15) is 25.4 Å². The summed E-state index contributed by atoms with van der Waals surface area (Å²) < 4.78 is 67.4. The highest BCUT2D eigenvalue weighted by molar-refractivity contribution is 7.90. The maximum absolute atomic E-state index is 14.1. The number of carbonyl (C=O) groups is 4. The number of nitrogens with two attached hydrogens (primary N) is 1. The number of carbonyl (C=O) groups excluding carboxylic acids is 4. The Bertz CT molecular complexity index is 2570. The van der Waals surface area contributed by atoms with Crippen molar-refractivity contribution in [2.45, 2.75) is 39.4 Å². The zero-order valence-electron chi connectivity index (χ0n) is 39.7. The summed E-state index contributed by atoms with van der Waals surface area (Å²) in [5, 5.41) is 0. The van der Waals surface area contributed by atoms with Crippen LogP contribution in [0.3, 0.4) is 0 Å². The van der Waals surface area contributed by atoms with Crippen LogP contribution in [0.4, 0.5) is 11.4 Å². The fraction of sp³-hybridized carbons (Fsp3) is 0.417. The Morgan fingerprint density at radius 2 is 1.09 bits per heavy atom. The summed E-state index contributed by atoms with van der Waals surface area (Å²) in [5.74, 6) is 4.16. The van der Waals surface area contributed by atoms with Gasteiger partial charge < -0.3 is 14.5 Å². The largest absolute Gasteiger partial charge is 0.462 e. The first kappa shape index (κ1) is 52.4. The first-order chi connectivity index (χ1) is 33.0. The second-order valence-corrected chi connectivity index (χ2v) is 21.1. The minimum atomic E-state index is -4.04. The van der Waals surface area contributed by atoms with Gasteiger partial charge >= 0.3 is 26.4 Å². The summed E-state index contributed by atoms with van der Waals surface area (Å²) in [6, 6.07) is 30.4. The number of nitrogens with zero attached hydrogens (tertiary/aromatic N) is 8. The van der Waals surface area contributed by atoms with Gasteiger partial charge in [-0.25, -0.2) is 10.6 Å². The molecule has 0 aromatic heterocycles. The summed E-state index contributed by atoms with van der Waals surface area (Å²) in [6.07, 6.45) is 0.355. The Balaban J connectivity index is 1.02. The second-order valence-electron chi connectivity index (χ2n) is 17.1. The molecule has 372 valence electrons. The molecular formula is C48H64N10O9S2. The molecule has 1 unspecified atom stereocenters. The normalized spacial score (nSPS) is 16.1. The van der Waals surface area contributed by atoms with Crippen molar-refractivity contribution in [3.05, 3.63) is 131 Å². The van der Waals surface area contributed by atoms with Gasteiger partial charge in [0.25, 0.3) is 5.91 Å². The van der Waals surface area contributed by atoms with Crippen LogP contribution in [-0.4, -0.2) is 167 Å². The van der Waals surface area contributed by atoms with Crippen LogP contribution >= 0.6 is 0 Å². The molecule has 4 aromatic rings. The number of ether oxygens (including phenoxy) is 1. The molecule has 2 fully saturated rings. The molecule has 6 rings (SSSR count). The number of piperazine rings is 2. The van der Waals surface area contributed by atoms with E-state index in [1.165, 1.54) is 31.2 Å². The van der Waals surface area contributed by atoms with Gasteiger partial charge in [-0.3, -0.25) is 38.2 Å². The Labute approximate surface area is 406 Å². The number of hydrogen-bond acceptors (Lipinski definition) is 12. The topological polar surface area (TPSA) is 210 Å². The lowest BCUT2D eigenvalue weighted by atomic mass is 10.1. The average Bonchev–Trinajstić information content (AvgIpc) is 3.36. The van der Waals surface area contributed by atoms with E-state index < -0.39 is 32.3 Å². The Morgan fingerprint density at radius 3 is 1.55 bits per heavy atom. The molecule has 2 aliphatic heterocycles. The van der Waals surface area contributed by atoms with Gasteiger partial charge in [0.15, 0.2) is 0 Å². The molecular weight excluding hydrogens is 925 g/mol. The van der Waals surface area contributed by atoms with Gasteiger partial charge in [0.1, 0.15) is 0 Å². The van der Waals surface area contributed by atoms with E-state index in [1.54, 1.807) is 127 Å². The van der Waals surface area contributed by atoms with Gasteiger partial charge in [0.2, 0.25) is 11.8 Å². The van der Waals surface area contributed by atoms with E-state index in [0.29, 0.717) is 93.4 Å². The third-order valence-corrected chi connectivity index (χ3v) is 16.3.